The van der Waals surface area contributed by atoms with E-state index in [1.165, 1.54) is 17.5 Å². The molecule has 2 atom stereocenters. The van der Waals surface area contributed by atoms with Crippen molar-refractivity contribution in [1.82, 2.24) is 4.98 Å². The van der Waals surface area contributed by atoms with Crippen molar-refractivity contribution < 1.29 is 18.8 Å². The van der Waals surface area contributed by atoms with Gasteiger partial charge < -0.3 is 14.0 Å². The van der Waals surface area contributed by atoms with Crippen molar-refractivity contribution >= 4 is 34.4 Å². The molecule has 2 aromatic rings. The molecule has 27 heavy (non-hydrogen) atoms. The maximum atomic E-state index is 12.6. The summed E-state index contributed by atoms with van der Waals surface area (Å²) >= 11 is -0.130. The van der Waals surface area contributed by atoms with Gasteiger partial charge >= 0.3 is 5.97 Å². The second-order valence-corrected chi connectivity index (χ2v) is 9.96. The molecule has 0 fully saturated rings. The van der Waals surface area contributed by atoms with Crippen molar-refractivity contribution in [3.63, 3.8) is 0 Å². The van der Waals surface area contributed by atoms with Crippen molar-refractivity contribution in [1.29, 1.82) is 0 Å². The SMILES string of the molecule is CCOC(=O)c1cnc([C@@H]2C/C(=N/[S+]([O-])C(C)(C)C)c3ccccc3O2)s1. The van der Waals surface area contributed by atoms with E-state index in [1.54, 1.807) is 6.92 Å². The number of aromatic nitrogens is 1. The number of ether oxygens (including phenoxy) is 2. The highest BCUT2D eigenvalue weighted by atomic mass is 32.2. The predicted octanol–water partition coefficient (Wildman–Crippen LogP) is 4.09. The van der Waals surface area contributed by atoms with Gasteiger partial charge in [0.15, 0.2) is 6.10 Å². The summed E-state index contributed by atoms with van der Waals surface area (Å²) in [6.45, 7) is 7.75. The summed E-state index contributed by atoms with van der Waals surface area (Å²) in [6, 6.07) is 7.55. The van der Waals surface area contributed by atoms with Crippen LogP contribution >= 0.6 is 11.3 Å². The van der Waals surface area contributed by atoms with Gasteiger partial charge in [-0.3, -0.25) is 0 Å². The van der Waals surface area contributed by atoms with E-state index in [0.717, 1.165) is 11.3 Å². The lowest BCUT2D eigenvalue weighted by Gasteiger charge is -2.26. The quantitative estimate of drug-likeness (QED) is 0.564. The van der Waals surface area contributed by atoms with Crippen LogP contribution in [0.3, 0.4) is 0 Å². The Morgan fingerprint density at radius 1 is 1.44 bits per heavy atom. The number of esters is 1. The van der Waals surface area contributed by atoms with E-state index in [-0.39, 0.29) is 12.1 Å². The van der Waals surface area contributed by atoms with Gasteiger partial charge in [-0.05, 0) is 39.8 Å². The lowest BCUT2D eigenvalue weighted by atomic mass is 10.0. The standard InChI is InChI=1S/C19H22N2O4S2/c1-5-24-18(22)16-11-20-17(26-16)15-10-13(21-27(23)19(2,3)4)12-8-6-7-9-14(12)25-15/h6-9,11,15H,5,10H2,1-4H3/b21-13-/t15-,27?/m0/s1. The zero-order chi connectivity index (χ0) is 19.6. The molecule has 1 aromatic heterocycles. The minimum Gasteiger partial charge on any atom is -0.591 e. The molecule has 0 radical (unpaired) electrons. The van der Waals surface area contributed by atoms with E-state index in [4.69, 9.17) is 9.47 Å². The van der Waals surface area contributed by atoms with Crippen LogP contribution in [0.1, 0.15) is 60.5 Å². The average Bonchev–Trinajstić information content (AvgIpc) is 3.11. The molecule has 0 N–H and O–H groups in total. The highest BCUT2D eigenvalue weighted by Crippen LogP contribution is 2.37. The Kier molecular flexibility index (Phi) is 5.88. The second-order valence-electron chi connectivity index (χ2n) is 6.99. The molecule has 1 aromatic carbocycles. The Morgan fingerprint density at radius 3 is 2.89 bits per heavy atom. The summed E-state index contributed by atoms with van der Waals surface area (Å²) in [6.07, 6.45) is 1.56. The molecule has 144 valence electrons. The second kappa shape index (κ2) is 8.00. The molecular weight excluding hydrogens is 384 g/mol. The zero-order valence-corrected chi connectivity index (χ0v) is 17.4. The number of thiazole rings is 1. The summed E-state index contributed by atoms with van der Waals surface area (Å²) < 4.78 is 27.7. The molecule has 0 amide bonds. The minimum absolute atomic E-state index is 0.314. The molecule has 8 heteroatoms. The summed E-state index contributed by atoms with van der Waals surface area (Å²) in [5.41, 5.74) is 1.57. The van der Waals surface area contributed by atoms with Crippen molar-refractivity contribution in [3.05, 3.63) is 45.9 Å². The topological polar surface area (TPSA) is 83.8 Å². The molecule has 0 aliphatic carbocycles. The molecular formula is C19H22N2O4S2. The lowest BCUT2D eigenvalue weighted by Crippen LogP contribution is -2.29. The molecule has 3 rings (SSSR count). The van der Waals surface area contributed by atoms with Crippen LogP contribution in [0.2, 0.25) is 0 Å². The monoisotopic (exact) mass is 406 g/mol. The Hall–Kier alpha value is -1.90. The number of hydrogen-bond donors (Lipinski definition) is 0. The van der Waals surface area contributed by atoms with E-state index >= 15 is 0 Å². The van der Waals surface area contributed by atoms with E-state index in [2.05, 4.69) is 9.38 Å². The van der Waals surface area contributed by atoms with Gasteiger partial charge in [0.05, 0.1) is 12.8 Å². The van der Waals surface area contributed by atoms with Crippen molar-refractivity contribution in [2.24, 2.45) is 4.40 Å². The van der Waals surface area contributed by atoms with Crippen LogP contribution in [0.5, 0.6) is 5.75 Å². The molecule has 0 bridgehead atoms. The Morgan fingerprint density at radius 2 is 2.19 bits per heavy atom. The van der Waals surface area contributed by atoms with Crippen LogP contribution in [0.4, 0.5) is 0 Å². The van der Waals surface area contributed by atoms with Crippen molar-refractivity contribution in [2.45, 2.75) is 45.0 Å². The van der Waals surface area contributed by atoms with Crippen LogP contribution in [-0.2, 0) is 16.1 Å². The van der Waals surface area contributed by atoms with E-state index in [9.17, 15) is 9.35 Å². The largest absolute Gasteiger partial charge is 0.591 e. The van der Waals surface area contributed by atoms with E-state index in [1.807, 2.05) is 45.0 Å². The summed E-state index contributed by atoms with van der Waals surface area (Å²) in [5.74, 6) is 0.284. The van der Waals surface area contributed by atoms with Gasteiger partial charge in [-0.1, -0.05) is 16.5 Å². The van der Waals surface area contributed by atoms with Crippen LogP contribution < -0.4 is 4.74 Å². The van der Waals surface area contributed by atoms with Gasteiger partial charge in [0.25, 0.3) is 0 Å². The number of carbonyl (C=O) groups excluding carboxylic acids is 1. The molecule has 1 aliphatic rings. The molecule has 1 aliphatic heterocycles. The first-order chi connectivity index (χ1) is 12.8. The Bertz CT molecular complexity index is 857. The minimum atomic E-state index is -1.38. The van der Waals surface area contributed by atoms with E-state index in [0.29, 0.717) is 28.7 Å². The third-order valence-electron chi connectivity index (χ3n) is 3.84. The fraction of sp³-hybridized carbons (Fsp3) is 0.421. The maximum absolute atomic E-state index is 12.6. The van der Waals surface area contributed by atoms with Crippen molar-refractivity contribution in [3.8, 4) is 5.75 Å². The summed E-state index contributed by atoms with van der Waals surface area (Å²) in [7, 11) is 0. The molecule has 0 saturated heterocycles. The number of hydrogen-bond acceptors (Lipinski definition) is 7. The zero-order valence-electron chi connectivity index (χ0n) is 15.7. The number of para-hydroxylation sites is 1. The van der Waals surface area contributed by atoms with Gasteiger partial charge in [-0.15, -0.1) is 11.3 Å². The molecule has 2 heterocycles. The third kappa shape index (κ3) is 4.51. The first-order valence-corrected chi connectivity index (χ1v) is 10.6. The van der Waals surface area contributed by atoms with Gasteiger partial charge in [0.1, 0.15) is 37.5 Å². The smallest absolute Gasteiger partial charge is 0.349 e. The number of rotatable bonds is 4. The summed E-state index contributed by atoms with van der Waals surface area (Å²) in [5, 5.41) is 0.668. The molecule has 0 spiro atoms. The van der Waals surface area contributed by atoms with Crippen LogP contribution in [-0.4, -0.2) is 32.6 Å². The third-order valence-corrected chi connectivity index (χ3v) is 6.34. The molecule has 0 saturated carbocycles. The van der Waals surface area contributed by atoms with E-state index < -0.39 is 16.1 Å². The van der Waals surface area contributed by atoms with Crippen LogP contribution in [0.25, 0.3) is 0 Å². The average molecular weight is 407 g/mol. The molecule has 1 unspecified atom stereocenters. The van der Waals surface area contributed by atoms with Gasteiger partial charge in [0, 0.05) is 12.0 Å². The highest BCUT2D eigenvalue weighted by Gasteiger charge is 2.33. The number of benzene rings is 1. The molecule has 6 nitrogen and oxygen atoms in total. The number of carbonyl (C=O) groups is 1. The highest BCUT2D eigenvalue weighted by molar-refractivity contribution is 7.91. The lowest BCUT2D eigenvalue weighted by molar-refractivity contribution is 0.0532. The van der Waals surface area contributed by atoms with Crippen LogP contribution in [0, 0.1) is 0 Å². The normalized spacial score (nSPS) is 19.3. The number of nitrogens with zero attached hydrogens (tertiary/aromatic N) is 2. The van der Waals surface area contributed by atoms with Gasteiger partial charge in [0.2, 0.25) is 0 Å². The number of fused-ring (bicyclic) bond motifs is 1. The first-order valence-electron chi connectivity index (χ1n) is 8.68. The maximum Gasteiger partial charge on any atom is 0.349 e. The fourth-order valence-electron chi connectivity index (χ4n) is 2.48. The van der Waals surface area contributed by atoms with Gasteiger partial charge in [-0.25, -0.2) is 9.78 Å². The summed E-state index contributed by atoms with van der Waals surface area (Å²) in [4.78, 5) is 16.7. The van der Waals surface area contributed by atoms with Crippen LogP contribution in [0.15, 0.2) is 34.9 Å². The fourth-order valence-corrected chi connectivity index (χ4v) is 3.97. The Balaban J connectivity index is 1.92. The van der Waals surface area contributed by atoms with Crippen molar-refractivity contribution in [2.75, 3.05) is 6.61 Å². The Labute approximate surface area is 166 Å². The predicted molar refractivity (Wildman–Crippen MR) is 107 cm³/mol. The van der Waals surface area contributed by atoms with Gasteiger partial charge in [-0.2, -0.15) is 0 Å². The first kappa shape index (κ1) is 19.9.